The van der Waals surface area contributed by atoms with Crippen molar-refractivity contribution in [1.82, 2.24) is 0 Å². The van der Waals surface area contributed by atoms with Gasteiger partial charge in [-0.05, 0) is 48.5 Å². The zero-order valence-electron chi connectivity index (χ0n) is 12.2. The van der Waals surface area contributed by atoms with Crippen molar-refractivity contribution in [3.8, 4) is 35.5 Å². The van der Waals surface area contributed by atoms with Crippen molar-refractivity contribution in [3.05, 3.63) is 48.5 Å². The third-order valence-corrected chi connectivity index (χ3v) is 2.00. The van der Waals surface area contributed by atoms with E-state index in [1.807, 2.05) is 13.8 Å². The third kappa shape index (κ3) is 7.93. The minimum absolute atomic E-state index is 0.158. The molecule has 0 amide bonds. The fraction of sp³-hybridized carbons (Fsp3) is 0.125. The van der Waals surface area contributed by atoms with Gasteiger partial charge in [0.1, 0.15) is 23.0 Å². The van der Waals surface area contributed by atoms with E-state index in [-0.39, 0.29) is 11.5 Å². The van der Waals surface area contributed by atoms with Crippen molar-refractivity contribution in [2.24, 2.45) is 0 Å². The number of rotatable bonds is 2. The molecule has 114 valence electrons. The third-order valence-electron chi connectivity index (χ3n) is 2.00. The summed E-state index contributed by atoms with van der Waals surface area (Å²) < 4.78 is 8.91. The summed E-state index contributed by atoms with van der Waals surface area (Å²) in [5, 5.41) is 33.7. The number of aromatic hydroxyl groups is 2. The Kier molecular flexibility index (Phi) is 9.69. The number of hydrogen-bond donors (Lipinski definition) is 2. The van der Waals surface area contributed by atoms with Crippen molar-refractivity contribution >= 4 is 0 Å². The molecule has 2 aromatic rings. The first-order valence-electron chi connectivity index (χ1n) is 6.35. The number of benzene rings is 2. The van der Waals surface area contributed by atoms with Gasteiger partial charge in [-0.1, -0.05) is 13.8 Å². The van der Waals surface area contributed by atoms with E-state index in [0.717, 1.165) is 0 Å². The molecule has 0 fully saturated rings. The lowest BCUT2D eigenvalue weighted by molar-refractivity contribution is 0.469. The average molecular weight is 300 g/mol. The highest BCUT2D eigenvalue weighted by molar-refractivity contribution is 5.31. The zero-order valence-corrected chi connectivity index (χ0v) is 12.2. The Morgan fingerprint density at radius 3 is 1.18 bits per heavy atom. The fourth-order valence-corrected chi connectivity index (χ4v) is 1.13. The maximum Gasteiger partial charge on any atom is 0.292 e. The van der Waals surface area contributed by atoms with Gasteiger partial charge in [0.15, 0.2) is 0 Å². The van der Waals surface area contributed by atoms with Gasteiger partial charge >= 0.3 is 0 Å². The topological polar surface area (TPSA) is 106 Å². The van der Waals surface area contributed by atoms with Gasteiger partial charge in [-0.2, -0.15) is 0 Å². The van der Waals surface area contributed by atoms with E-state index in [4.69, 9.17) is 20.7 Å². The highest BCUT2D eigenvalue weighted by atomic mass is 16.5. The van der Waals surface area contributed by atoms with Crippen LogP contribution in [0.15, 0.2) is 48.5 Å². The van der Waals surface area contributed by atoms with Gasteiger partial charge in [0, 0.05) is 0 Å². The molecule has 0 aliphatic rings. The van der Waals surface area contributed by atoms with Crippen molar-refractivity contribution in [3.63, 3.8) is 0 Å². The highest BCUT2D eigenvalue weighted by Gasteiger charge is 1.91. The molecule has 2 aromatic carbocycles. The van der Waals surface area contributed by atoms with Crippen molar-refractivity contribution in [2.75, 3.05) is 0 Å². The second-order valence-electron chi connectivity index (χ2n) is 3.37. The standard InChI is InChI=1S/2C7H5NO2.C2H6/c2*8-5-10-7-3-1-6(9)2-4-7;1-2/h2*1-4,9H;1-2H3. The molecule has 2 rings (SSSR count). The molecule has 0 atom stereocenters. The Balaban J connectivity index is 0.000000360. The number of ether oxygens (including phenoxy) is 2. The zero-order chi connectivity index (χ0) is 16.8. The summed E-state index contributed by atoms with van der Waals surface area (Å²) in [6, 6.07) is 11.9. The summed E-state index contributed by atoms with van der Waals surface area (Å²) in [7, 11) is 0. The van der Waals surface area contributed by atoms with Crippen LogP contribution in [0, 0.1) is 23.0 Å². The van der Waals surface area contributed by atoms with Crippen LogP contribution in [0.5, 0.6) is 23.0 Å². The number of nitriles is 2. The molecule has 0 radical (unpaired) electrons. The summed E-state index contributed by atoms with van der Waals surface area (Å²) >= 11 is 0. The molecule has 0 aliphatic carbocycles. The Hall–Kier alpha value is -3.38. The van der Waals surface area contributed by atoms with E-state index in [0.29, 0.717) is 11.5 Å². The molecule has 0 aliphatic heterocycles. The van der Waals surface area contributed by atoms with Crippen LogP contribution in [-0.4, -0.2) is 10.2 Å². The first-order chi connectivity index (χ1) is 10.7. The number of phenols is 2. The van der Waals surface area contributed by atoms with Crippen molar-refractivity contribution in [2.45, 2.75) is 13.8 Å². The van der Waals surface area contributed by atoms with E-state index in [1.54, 1.807) is 0 Å². The molecule has 6 heteroatoms. The molecule has 2 N–H and O–H groups in total. The average Bonchev–Trinajstić information content (AvgIpc) is 2.55. The summed E-state index contributed by atoms with van der Waals surface area (Å²) in [6.07, 6.45) is 3.04. The highest BCUT2D eigenvalue weighted by Crippen LogP contribution is 2.15. The van der Waals surface area contributed by atoms with Crippen LogP contribution in [0.2, 0.25) is 0 Å². The maximum absolute atomic E-state index is 8.79. The van der Waals surface area contributed by atoms with Crippen molar-refractivity contribution in [1.29, 1.82) is 10.5 Å². The molecule has 22 heavy (non-hydrogen) atoms. The summed E-state index contributed by atoms with van der Waals surface area (Å²) in [4.78, 5) is 0. The molecule has 0 spiro atoms. The molecule has 6 nitrogen and oxygen atoms in total. The van der Waals surface area contributed by atoms with Crippen LogP contribution in [-0.2, 0) is 0 Å². The lowest BCUT2D eigenvalue weighted by Crippen LogP contribution is -1.78. The van der Waals surface area contributed by atoms with Crippen LogP contribution in [0.1, 0.15) is 13.8 Å². The van der Waals surface area contributed by atoms with E-state index >= 15 is 0 Å². The summed E-state index contributed by atoms with van der Waals surface area (Å²) in [5.74, 6) is 1.18. The molecule has 0 aromatic heterocycles. The lowest BCUT2D eigenvalue weighted by atomic mass is 10.3. The number of hydrogen-bond acceptors (Lipinski definition) is 6. The van der Waals surface area contributed by atoms with Crippen LogP contribution in [0.4, 0.5) is 0 Å². The number of nitrogens with zero attached hydrogens (tertiary/aromatic N) is 2. The van der Waals surface area contributed by atoms with Gasteiger partial charge in [-0.25, -0.2) is 0 Å². The van der Waals surface area contributed by atoms with Gasteiger partial charge in [0.25, 0.3) is 12.5 Å². The molecule has 0 unspecified atom stereocenters. The van der Waals surface area contributed by atoms with Crippen molar-refractivity contribution < 1.29 is 19.7 Å². The molecule has 0 heterocycles. The van der Waals surface area contributed by atoms with Gasteiger partial charge in [-0.3, -0.25) is 0 Å². The van der Waals surface area contributed by atoms with Gasteiger partial charge < -0.3 is 19.7 Å². The predicted octanol–water partition coefficient (Wildman–Crippen LogP) is 3.53. The quantitative estimate of drug-likeness (QED) is 0.822. The van der Waals surface area contributed by atoms with E-state index in [2.05, 4.69) is 9.47 Å². The lowest BCUT2D eigenvalue weighted by Gasteiger charge is -1.93. The fourth-order valence-electron chi connectivity index (χ4n) is 1.13. The van der Waals surface area contributed by atoms with Gasteiger partial charge in [0.2, 0.25) is 0 Å². The first kappa shape index (κ1) is 18.6. The van der Waals surface area contributed by atoms with E-state index in [9.17, 15) is 0 Å². The summed E-state index contributed by atoms with van der Waals surface area (Å²) in [6.45, 7) is 4.00. The SMILES string of the molecule is CC.N#COc1ccc(O)cc1.N#COc1ccc(O)cc1. The van der Waals surface area contributed by atoms with E-state index < -0.39 is 0 Å². The van der Waals surface area contributed by atoms with Crippen LogP contribution >= 0.6 is 0 Å². The molecular formula is C16H16N2O4. The second-order valence-corrected chi connectivity index (χ2v) is 3.37. The minimum atomic E-state index is 0.158. The molecule has 0 saturated carbocycles. The van der Waals surface area contributed by atoms with Gasteiger partial charge in [-0.15, -0.1) is 10.5 Å². The summed E-state index contributed by atoms with van der Waals surface area (Å²) in [5.41, 5.74) is 0. The normalized spacial score (nSPS) is 7.82. The number of phenolic OH excluding ortho intramolecular Hbond substituents is 2. The Morgan fingerprint density at radius 2 is 0.955 bits per heavy atom. The van der Waals surface area contributed by atoms with Crippen LogP contribution in [0.3, 0.4) is 0 Å². The molecular weight excluding hydrogens is 284 g/mol. The Bertz CT molecular complexity index is 553. The molecule has 0 saturated heterocycles. The van der Waals surface area contributed by atoms with Crippen LogP contribution < -0.4 is 9.47 Å². The molecule has 0 bridgehead atoms. The van der Waals surface area contributed by atoms with Gasteiger partial charge in [0.05, 0.1) is 0 Å². The Morgan fingerprint density at radius 1 is 0.682 bits per heavy atom. The predicted molar refractivity (Wildman–Crippen MR) is 80.0 cm³/mol. The first-order valence-corrected chi connectivity index (χ1v) is 6.35. The minimum Gasteiger partial charge on any atom is -0.508 e. The Labute approximate surface area is 129 Å². The maximum atomic E-state index is 8.79. The van der Waals surface area contributed by atoms with Crippen LogP contribution in [0.25, 0.3) is 0 Å². The van der Waals surface area contributed by atoms with E-state index in [1.165, 1.54) is 61.0 Å². The largest absolute Gasteiger partial charge is 0.508 e. The smallest absolute Gasteiger partial charge is 0.292 e. The monoisotopic (exact) mass is 300 g/mol. The second kappa shape index (κ2) is 11.4.